The van der Waals surface area contributed by atoms with E-state index in [1.807, 2.05) is 12.1 Å². The molecule has 0 saturated carbocycles. The van der Waals surface area contributed by atoms with Crippen LogP contribution in [0.15, 0.2) is 23.5 Å². The Hall–Kier alpha value is -1.66. The summed E-state index contributed by atoms with van der Waals surface area (Å²) >= 11 is 0. The largest absolute Gasteiger partial charge is 0.409 e. The van der Waals surface area contributed by atoms with Gasteiger partial charge in [0.25, 0.3) is 0 Å². The van der Waals surface area contributed by atoms with Gasteiger partial charge in [0, 0.05) is 38.9 Å². The first-order valence-corrected chi connectivity index (χ1v) is 6.60. The number of pyridine rings is 1. The molecule has 1 aliphatic rings. The fraction of sp³-hybridized carbons (Fsp3) is 0.538. The summed E-state index contributed by atoms with van der Waals surface area (Å²) in [5, 5.41) is 11.6. The van der Waals surface area contributed by atoms with Crippen LogP contribution < -0.4 is 5.73 Å². The second kappa shape index (κ2) is 6.49. The highest BCUT2D eigenvalue weighted by atomic mass is 16.4. The maximum atomic E-state index is 8.66. The third-order valence-electron chi connectivity index (χ3n) is 3.51. The van der Waals surface area contributed by atoms with E-state index < -0.39 is 0 Å². The van der Waals surface area contributed by atoms with Crippen molar-refractivity contribution in [3.05, 3.63) is 29.6 Å². The van der Waals surface area contributed by atoms with Gasteiger partial charge in [0.15, 0.2) is 5.84 Å². The summed E-state index contributed by atoms with van der Waals surface area (Å²) in [5.74, 6) is 0.0534. The second-order valence-electron chi connectivity index (χ2n) is 4.74. The van der Waals surface area contributed by atoms with Gasteiger partial charge in [-0.25, -0.2) is 0 Å². The second-order valence-corrected chi connectivity index (χ2v) is 4.74. The van der Waals surface area contributed by atoms with Crippen molar-refractivity contribution in [1.82, 2.24) is 14.8 Å². The average Bonchev–Trinajstić information content (AvgIpc) is 2.47. The van der Waals surface area contributed by atoms with Crippen molar-refractivity contribution >= 4 is 5.84 Å². The quantitative estimate of drug-likeness (QED) is 0.354. The van der Waals surface area contributed by atoms with E-state index in [-0.39, 0.29) is 5.84 Å². The molecular weight excluding hydrogens is 242 g/mol. The number of piperazine rings is 1. The number of likely N-dealkylation sites (N-methyl/N-ethyl adjacent to an activating group) is 1. The Balaban J connectivity index is 1.96. The molecule has 0 atom stereocenters. The number of aromatic nitrogens is 1. The Bertz CT molecular complexity index is 440. The number of hydrogen-bond acceptors (Lipinski definition) is 5. The van der Waals surface area contributed by atoms with E-state index in [1.54, 1.807) is 6.20 Å². The molecule has 19 heavy (non-hydrogen) atoms. The number of rotatable bonds is 4. The van der Waals surface area contributed by atoms with E-state index in [2.05, 4.69) is 26.9 Å². The van der Waals surface area contributed by atoms with Crippen molar-refractivity contribution in [3.63, 3.8) is 0 Å². The van der Waals surface area contributed by atoms with Crippen molar-refractivity contribution in [2.24, 2.45) is 10.9 Å². The highest BCUT2D eigenvalue weighted by Crippen LogP contribution is 2.09. The molecule has 6 nitrogen and oxygen atoms in total. The molecule has 2 rings (SSSR count). The molecule has 0 radical (unpaired) electrons. The first kappa shape index (κ1) is 13.8. The van der Waals surface area contributed by atoms with Gasteiger partial charge in [0.05, 0.1) is 0 Å². The number of nitrogens with two attached hydrogens (primary N) is 1. The maximum absolute atomic E-state index is 8.66. The highest BCUT2D eigenvalue weighted by Gasteiger charge is 2.15. The monoisotopic (exact) mass is 263 g/mol. The van der Waals surface area contributed by atoms with Gasteiger partial charge in [-0.1, -0.05) is 12.1 Å². The van der Waals surface area contributed by atoms with E-state index in [4.69, 9.17) is 10.9 Å². The van der Waals surface area contributed by atoms with Crippen LogP contribution in [-0.4, -0.2) is 58.6 Å². The summed E-state index contributed by atoms with van der Waals surface area (Å²) in [6.07, 6.45) is 1.70. The lowest BCUT2D eigenvalue weighted by Crippen LogP contribution is -2.45. The van der Waals surface area contributed by atoms with Crippen LogP contribution in [0, 0.1) is 0 Å². The summed E-state index contributed by atoms with van der Waals surface area (Å²) in [6, 6.07) is 3.85. The van der Waals surface area contributed by atoms with Gasteiger partial charge in [0.2, 0.25) is 0 Å². The first-order valence-electron chi connectivity index (χ1n) is 6.60. The van der Waals surface area contributed by atoms with Crippen LogP contribution in [-0.2, 0) is 6.54 Å². The summed E-state index contributed by atoms with van der Waals surface area (Å²) in [5.41, 5.74) is 7.21. The standard InChI is InChI=1S/C13H21N5O/c1-2-17-5-7-18(8-6-17)10-11-3-4-15-12(9-11)13(14)16-19/h3-4,9,19H,2,5-8,10H2,1H3,(H2,14,16). The Labute approximate surface area is 113 Å². The normalized spacial score (nSPS) is 18.7. The van der Waals surface area contributed by atoms with Crippen molar-refractivity contribution in [2.45, 2.75) is 13.5 Å². The van der Waals surface area contributed by atoms with Crippen molar-refractivity contribution in [1.29, 1.82) is 0 Å². The van der Waals surface area contributed by atoms with Gasteiger partial charge in [-0.15, -0.1) is 0 Å². The lowest BCUT2D eigenvalue weighted by Gasteiger charge is -2.34. The Morgan fingerprint density at radius 1 is 1.37 bits per heavy atom. The highest BCUT2D eigenvalue weighted by molar-refractivity contribution is 5.95. The molecule has 0 amide bonds. The minimum absolute atomic E-state index is 0.0534. The van der Waals surface area contributed by atoms with Crippen molar-refractivity contribution in [3.8, 4) is 0 Å². The Kier molecular flexibility index (Phi) is 4.70. The number of nitrogens with zero attached hydrogens (tertiary/aromatic N) is 4. The molecule has 1 aromatic rings. The molecule has 6 heteroatoms. The molecule has 1 aliphatic heterocycles. The van der Waals surface area contributed by atoms with E-state index in [0.717, 1.165) is 44.8 Å². The maximum Gasteiger partial charge on any atom is 0.188 e. The number of amidine groups is 1. The average molecular weight is 263 g/mol. The number of oxime groups is 1. The van der Waals surface area contributed by atoms with Crippen LogP contribution in [0.1, 0.15) is 18.2 Å². The molecule has 1 aromatic heterocycles. The van der Waals surface area contributed by atoms with Gasteiger partial charge in [0.1, 0.15) is 5.69 Å². The minimum atomic E-state index is 0.0534. The van der Waals surface area contributed by atoms with Crippen LogP contribution in [0.5, 0.6) is 0 Å². The smallest absolute Gasteiger partial charge is 0.188 e. The third-order valence-corrected chi connectivity index (χ3v) is 3.51. The van der Waals surface area contributed by atoms with Crippen LogP contribution >= 0.6 is 0 Å². The zero-order valence-corrected chi connectivity index (χ0v) is 11.3. The van der Waals surface area contributed by atoms with E-state index in [0.29, 0.717) is 5.69 Å². The van der Waals surface area contributed by atoms with Crippen LogP contribution in [0.2, 0.25) is 0 Å². The topological polar surface area (TPSA) is 78.0 Å². The molecule has 0 aliphatic carbocycles. The fourth-order valence-electron chi connectivity index (χ4n) is 2.29. The van der Waals surface area contributed by atoms with Crippen molar-refractivity contribution < 1.29 is 5.21 Å². The van der Waals surface area contributed by atoms with Gasteiger partial charge in [-0.3, -0.25) is 9.88 Å². The SMILES string of the molecule is CCN1CCN(Cc2ccnc(C(N)=NO)c2)CC1. The summed E-state index contributed by atoms with van der Waals surface area (Å²) in [4.78, 5) is 8.95. The molecule has 1 saturated heterocycles. The number of hydrogen-bond donors (Lipinski definition) is 2. The molecule has 0 bridgehead atoms. The predicted molar refractivity (Wildman–Crippen MR) is 74.1 cm³/mol. The molecule has 0 unspecified atom stereocenters. The van der Waals surface area contributed by atoms with Crippen LogP contribution in [0.3, 0.4) is 0 Å². The van der Waals surface area contributed by atoms with Gasteiger partial charge in [-0.05, 0) is 24.2 Å². The third kappa shape index (κ3) is 3.65. The molecule has 2 heterocycles. The minimum Gasteiger partial charge on any atom is -0.409 e. The Morgan fingerprint density at radius 3 is 2.68 bits per heavy atom. The van der Waals surface area contributed by atoms with E-state index in [1.165, 1.54) is 0 Å². The van der Waals surface area contributed by atoms with Gasteiger partial charge < -0.3 is 15.8 Å². The molecular formula is C13H21N5O. The zero-order valence-electron chi connectivity index (χ0n) is 11.3. The zero-order chi connectivity index (χ0) is 13.7. The van der Waals surface area contributed by atoms with E-state index in [9.17, 15) is 0 Å². The van der Waals surface area contributed by atoms with E-state index >= 15 is 0 Å². The summed E-state index contributed by atoms with van der Waals surface area (Å²) < 4.78 is 0. The lowest BCUT2D eigenvalue weighted by molar-refractivity contribution is 0.132. The fourth-order valence-corrected chi connectivity index (χ4v) is 2.29. The first-order chi connectivity index (χ1) is 9.22. The summed E-state index contributed by atoms with van der Waals surface area (Å²) in [7, 11) is 0. The predicted octanol–water partition coefficient (Wildman–Crippen LogP) is 0.314. The van der Waals surface area contributed by atoms with Crippen LogP contribution in [0.4, 0.5) is 0 Å². The van der Waals surface area contributed by atoms with Gasteiger partial charge in [-0.2, -0.15) is 0 Å². The molecule has 1 fully saturated rings. The molecule has 0 spiro atoms. The van der Waals surface area contributed by atoms with Crippen LogP contribution in [0.25, 0.3) is 0 Å². The molecule has 3 N–H and O–H groups in total. The summed E-state index contributed by atoms with van der Waals surface area (Å²) in [6.45, 7) is 8.60. The molecule has 104 valence electrons. The Morgan fingerprint density at radius 2 is 2.05 bits per heavy atom. The molecule has 0 aromatic carbocycles. The lowest BCUT2D eigenvalue weighted by atomic mass is 10.2. The van der Waals surface area contributed by atoms with Gasteiger partial charge >= 0.3 is 0 Å². The van der Waals surface area contributed by atoms with Crippen molar-refractivity contribution in [2.75, 3.05) is 32.7 Å².